The Balaban J connectivity index is 1.81. The SMILES string of the molecule is Cc1ccccc1NC(=NCc1ccccn1)NC(=O)c1ccccc1. The smallest absolute Gasteiger partial charge is 0.257 e. The van der Waals surface area contributed by atoms with E-state index in [0.717, 1.165) is 16.9 Å². The summed E-state index contributed by atoms with van der Waals surface area (Å²) in [7, 11) is 0. The van der Waals surface area contributed by atoms with Crippen molar-refractivity contribution in [1.29, 1.82) is 0 Å². The first kappa shape index (κ1) is 17.4. The lowest BCUT2D eigenvalue weighted by Gasteiger charge is -2.13. The number of hydrogen-bond acceptors (Lipinski definition) is 3. The number of pyridine rings is 1. The number of guanidine groups is 1. The minimum atomic E-state index is -0.216. The Morgan fingerprint density at radius 1 is 0.962 bits per heavy atom. The van der Waals surface area contributed by atoms with Crippen molar-refractivity contribution in [2.75, 3.05) is 5.32 Å². The standard InChI is InChI=1S/C21H20N4O/c1-16-9-5-6-13-19(16)24-21(23-15-18-12-7-8-14-22-18)25-20(26)17-10-3-2-4-11-17/h2-14H,15H2,1H3,(H2,23,24,25,26). The first-order valence-corrected chi connectivity index (χ1v) is 8.36. The maximum absolute atomic E-state index is 12.5. The molecule has 3 aromatic rings. The van der Waals surface area contributed by atoms with Crippen molar-refractivity contribution < 1.29 is 4.79 Å². The zero-order valence-electron chi connectivity index (χ0n) is 14.5. The molecule has 1 aromatic heterocycles. The Morgan fingerprint density at radius 2 is 1.69 bits per heavy atom. The van der Waals surface area contributed by atoms with Crippen molar-refractivity contribution in [3.8, 4) is 0 Å². The summed E-state index contributed by atoms with van der Waals surface area (Å²) in [5, 5.41) is 6.06. The van der Waals surface area contributed by atoms with Gasteiger partial charge in [-0.2, -0.15) is 0 Å². The van der Waals surface area contributed by atoms with Crippen molar-refractivity contribution in [1.82, 2.24) is 10.3 Å². The molecule has 3 rings (SSSR count). The molecule has 5 heteroatoms. The van der Waals surface area contributed by atoms with E-state index in [2.05, 4.69) is 20.6 Å². The van der Waals surface area contributed by atoms with Gasteiger partial charge in [-0.25, -0.2) is 4.99 Å². The van der Waals surface area contributed by atoms with Crippen LogP contribution in [-0.2, 0) is 6.54 Å². The molecule has 0 unspecified atom stereocenters. The quantitative estimate of drug-likeness (QED) is 0.559. The number of nitrogens with one attached hydrogen (secondary N) is 2. The van der Waals surface area contributed by atoms with Gasteiger partial charge in [0.05, 0.1) is 12.2 Å². The molecule has 0 aliphatic heterocycles. The van der Waals surface area contributed by atoms with Crippen LogP contribution in [0.25, 0.3) is 0 Å². The van der Waals surface area contributed by atoms with E-state index in [0.29, 0.717) is 18.1 Å². The summed E-state index contributed by atoms with van der Waals surface area (Å²) in [6.07, 6.45) is 1.72. The van der Waals surface area contributed by atoms with E-state index in [1.165, 1.54) is 0 Å². The van der Waals surface area contributed by atoms with Crippen LogP contribution in [-0.4, -0.2) is 16.9 Å². The Kier molecular flexibility index (Phi) is 5.72. The highest BCUT2D eigenvalue weighted by molar-refractivity contribution is 6.10. The Morgan fingerprint density at radius 3 is 2.42 bits per heavy atom. The lowest BCUT2D eigenvalue weighted by molar-refractivity contribution is 0.0977. The normalized spacial score (nSPS) is 11.0. The molecular weight excluding hydrogens is 324 g/mol. The fourth-order valence-corrected chi connectivity index (χ4v) is 2.37. The number of hydrogen-bond donors (Lipinski definition) is 2. The van der Waals surface area contributed by atoms with Crippen LogP contribution in [0.2, 0.25) is 0 Å². The van der Waals surface area contributed by atoms with Crippen LogP contribution in [0.5, 0.6) is 0 Å². The maximum atomic E-state index is 12.5. The molecular formula is C21H20N4O. The highest BCUT2D eigenvalue weighted by Crippen LogP contribution is 2.13. The van der Waals surface area contributed by atoms with Crippen molar-refractivity contribution >= 4 is 17.6 Å². The minimum Gasteiger partial charge on any atom is -0.326 e. The van der Waals surface area contributed by atoms with Crippen LogP contribution in [0.15, 0.2) is 84.0 Å². The van der Waals surface area contributed by atoms with Crippen molar-refractivity contribution in [2.45, 2.75) is 13.5 Å². The van der Waals surface area contributed by atoms with Gasteiger partial charge in [-0.05, 0) is 42.8 Å². The van der Waals surface area contributed by atoms with E-state index < -0.39 is 0 Å². The van der Waals surface area contributed by atoms with E-state index in [-0.39, 0.29) is 5.91 Å². The summed E-state index contributed by atoms with van der Waals surface area (Å²) in [5.41, 5.74) is 3.35. The first-order valence-electron chi connectivity index (χ1n) is 8.36. The summed E-state index contributed by atoms with van der Waals surface area (Å²) in [6.45, 7) is 2.36. The molecule has 0 atom stereocenters. The molecule has 2 aromatic carbocycles. The zero-order chi connectivity index (χ0) is 18.2. The number of rotatable bonds is 4. The molecule has 1 amide bonds. The fourth-order valence-electron chi connectivity index (χ4n) is 2.37. The summed E-state index contributed by atoms with van der Waals surface area (Å²) in [6, 6.07) is 22.6. The third-order valence-electron chi connectivity index (χ3n) is 3.79. The van der Waals surface area contributed by atoms with Gasteiger partial charge in [-0.15, -0.1) is 0 Å². The predicted octanol–water partition coefficient (Wildman–Crippen LogP) is 3.79. The largest absolute Gasteiger partial charge is 0.326 e. The molecule has 0 aliphatic rings. The van der Waals surface area contributed by atoms with Gasteiger partial charge in [0.25, 0.3) is 5.91 Å². The van der Waals surface area contributed by atoms with E-state index in [1.54, 1.807) is 18.3 Å². The third kappa shape index (κ3) is 4.77. The number of para-hydroxylation sites is 1. The molecule has 130 valence electrons. The maximum Gasteiger partial charge on any atom is 0.257 e. The molecule has 0 bridgehead atoms. The van der Waals surface area contributed by atoms with Gasteiger partial charge >= 0.3 is 0 Å². The van der Waals surface area contributed by atoms with Crippen LogP contribution in [0.3, 0.4) is 0 Å². The van der Waals surface area contributed by atoms with E-state index in [9.17, 15) is 4.79 Å². The first-order chi connectivity index (χ1) is 12.7. The minimum absolute atomic E-state index is 0.216. The van der Waals surface area contributed by atoms with Gasteiger partial charge in [0.15, 0.2) is 0 Å². The third-order valence-corrected chi connectivity index (χ3v) is 3.79. The highest BCUT2D eigenvalue weighted by atomic mass is 16.1. The predicted molar refractivity (Wildman–Crippen MR) is 104 cm³/mol. The van der Waals surface area contributed by atoms with Crippen molar-refractivity contribution in [3.63, 3.8) is 0 Å². The lowest BCUT2D eigenvalue weighted by atomic mass is 10.2. The van der Waals surface area contributed by atoms with Crippen LogP contribution < -0.4 is 10.6 Å². The van der Waals surface area contributed by atoms with Crippen LogP contribution in [0.1, 0.15) is 21.6 Å². The van der Waals surface area contributed by atoms with Crippen molar-refractivity contribution in [2.24, 2.45) is 4.99 Å². The monoisotopic (exact) mass is 344 g/mol. The van der Waals surface area contributed by atoms with Crippen molar-refractivity contribution in [3.05, 3.63) is 95.8 Å². The van der Waals surface area contributed by atoms with Gasteiger partial charge in [0.1, 0.15) is 0 Å². The molecule has 2 N–H and O–H groups in total. The molecule has 0 saturated carbocycles. The number of nitrogens with zero attached hydrogens (tertiary/aromatic N) is 2. The number of carbonyl (C=O) groups excluding carboxylic acids is 1. The second kappa shape index (κ2) is 8.58. The summed E-state index contributed by atoms with van der Waals surface area (Å²) >= 11 is 0. The number of carbonyl (C=O) groups is 1. The Labute approximate surface area is 152 Å². The average Bonchev–Trinajstić information content (AvgIpc) is 2.69. The molecule has 0 saturated heterocycles. The molecule has 0 radical (unpaired) electrons. The van der Waals surface area contributed by atoms with Crippen LogP contribution >= 0.6 is 0 Å². The highest BCUT2D eigenvalue weighted by Gasteiger charge is 2.10. The second-order valence-corrected chi connectivity index (χ2v) is 5.75. The second-order valence-electron chi connectivity index (χ2n) is 5.75. The summed E-state index contributed by atoms with van der Waals surface area (Å²) in [4.78, 5) is 21.3. The van der Waals surface area contributed by atoms with E-state index >= 15 is 0 Å². The molecule has 0 aliphatic carbocycles. The average molecular weight is 344 g/mol. The number of aryl methyl sites for hydroxylation is 1. The van der Waals surface area contributed by atoms with Gasteiger partial charge in [0, 0.05) is 17.4 Å². The Bertz CT molecular complexity index is 892. The Hall–Kier alpha value is -3.47. The molecule has 1 heterocycles. The van der Waals surface area contributed by atoms with Gasteiger partial charge < -0.3 is 5.32 Å². The van der Waals surface area contributed by atoms with Gasteiger partial charge in [-0.3, -0.25) is 15.1 Å². The van der Waals surface area contributed by atoms with Crippen LogP contribution in [0, 0.1) is 6.92 Å². The lowest BCUT2D eigenvalue weighted by Crippen LogP contribution is -2.36. The number of anilines is 1. The topological polar surface area (TPSA) is 66.4 Å². The number of amides is 1. The molecule has 0 fully saturated rings. The molecule has 0 spiro atoms. The fraction of sp³-hybridized carbons (Fsp3) is 0.0952. The summed E-state index contributed by atoms with van der Waals surface area (Å²) in [5.74, 6) is 0.172. The van der Waals surface area contributed by atoms with Gasteiger partial charge in [0.2, 0.25) is 5.96 Å². The van der Waals surface area contributed by atoms with Crippen LogP contribution in [0.4, 0.5) is 5.69 Å². The number of aromatic nitrogens is 1. The zero-order valence-corrected chi connectivity index (χ0v) is 14.5. The van der Waals surface area contributed by atoms with Gasteiger partial charge in [-0.1, -0.05) is 42.5 Å². The van der Waals surface area contributed by atoms with E-state index in [1.807, 2.05) is 67.6 Å². The molecule has 26 heavy (non-hydrogen) atoms. The number of benzene rings is 2. The number of aliphatic imine (C=N–C) groups is 1. The molecule has 5 nitrogen and oxygen atoms in total. The van der Waals surface area contributed by atoms with E-state index in [4.69, 9.17) is 0 Å². The summed E-state index contributed by atoms with van der Waals surface area (Å²) < 4.78 is 0.